The summed E-state index contributed by atoms with van der Waals surface area (Å²) in [5.74, 6) is -0.174. The highest BCUT2D eigenvalue weighted by Gasteiger charge is 2.38. The third-order valence-electron chi connectivity index (χ3n) is 5.59. The number of hydrogen-bond acceptors (Lipinski definition) is 8. The minimum atomic E-state index is -4.73. The molecule has 34 heavy (non-hydrogen) atoms. The van der Waals surface area contributed by atoms with Crippen LogP contribution in [0.3, 0.4) is 0 Å². The molecule has 0 amide bonds. The van der Waals surface area contributed by atoms with E-state index in [1.165, 1.54) is 16.4 Å². The summed E-state index contributed by atoms with van der Waals surface area (Å²) < 4.78 is 87.0. The molecule has 10 nitrogen and oxygen atoms in total. The van der Waals surface area contributed by atoms with Crippen LogP contribution in [0.4, 0.5) is 24.7 Å². The third-order valence-corrected chi connectivity index (χ3v) is 7.51. The first-order chi connectivity index (χ1) is 16.1. The zero-order chi connectivity index (χ0) is 24.3. The van der Waals surface area contributed by atoms with Gasteiger partial charge in [-0.1, -0.05) is 0 Å². The van der Waals surface area contributed by atoms with E-state index >= 15 is 0 Å². The van der Waals surface area contributed by atoms with Crippen molar-refractivity contribution < 1.29 is 35.8 Å². The van der Waals surface area contributed by atoms with E-state index in [4.69, 9.17) is 25.7 Å². The molecular formula is C20H20F3N5O5S. The number of alkyl halides is 3. The molecule has 4 heterocycles. The van der Waals surface area contributed by atoms with Crippen LogP contribution in [-0.4, -0.2) is 61.8 Å². The summed E-state index contributed by atoms with van der Waals surface area (Å²) in [5.41, 5.74) is 10.4. The Balaban J connectivity index is 1.74. The van der Waals surface area contributed by atoms with Crippen molar-refractivity contribution in [3.63, 3.8) is 0 Å². The molecule has 2 aliphatic heterocycles. The number of sulfonamides is 1. The Morgan fingerprint density at radius 2 is 1.68 bits per heavy atom. The third kappa shape index (κ3) is 3.58. The average molecular weight is 499 g/mol. The van der Waals surface area contributed by atoms with Crippen molar-refractivity contribution >= 4 is 32.6 Å². The highest BCUT2D eigenvalue weighted by Crippen LogP contribution is 2.46. The molecule has 2 aromatic heterocycles. The number of nitrogens with zero attached hydrogens (tertiary/aromatic N) is 3. The van der Waals surface area contributed by atoms with Crippen molar-refractivity contribution in [3.05, 3.63) is 30.0 Å². The maximum absolute atomic E-state index is 13.8. The van der Waals surface area contributed by atoms with E-state index in [0.717, 1.165) is 16.8 Å². The quantitative estimate of drug-likeness (QED) is 0.559. The lowest BCUT2D eigenvalue weighted by Crippen LogP contribution is -2.40. The molecule has 0 aliphatic carbocycles. The fourth-order valence-corrected chi connectivity index (χ4v) is 5.63. The van der Waals surface area contributed by atoms with Gasteiger partial charge in [-0.05, 0) is 12.1 Å². The number of fused-ring (bicyclic) bond motifs is 2. The Hall–Kier alpha value is -3.23. The Morgan fingerprint density at radius 3 is 2.35 bits per heavy atom. The maximum Gasteiger partial charge on any atom is 0.418 e. The zero-order valence-corrected chi connectivity index (χ0v) is 18.4. The second kappa shape index (κ2) is 7.92. The van der Waals surface area contributed by atoms with Gasteiger partial charge in [0.25, 0.3) is 0 Å². The number of nitrogen functional groups attached to an aromatic ring is 2. The SMILES string of the molecule is Nc1cc(N)c2c(C(F)(F)F)cn(-c3ccc(S(=O)(=O)N4CCOCC4)c4c3OCCO4)c2n1. The number of rotatable bonds is 3. The number of aromatic nitrogens is 2. The fraction of sp³-hybridized carbons (Fsp3) is 0.350. The molecule has 5 rings (SSSR count). The molecule has 1 saturated heterocycles. The van der Waals surface area contributed by atoms with Crippen molar-refractivity contribution in [2.75, 3.05) is 51.0 Å². The number of benzene rings is 1. The topological polar surface area (TPSA) is 135 Å². The first kappa shape index (κ1) is 22.6. The largest absolute Gasteiger partial charge is 0.485 e. The highest BCUT2D eigenvalue weighted by molar-refractivity contribution is 7.89. The van der Waals surface area contributed by atoms with Gasteiger partial charge in [0.05, 0.1) is 29.9 Å². The van der Waals surface area contributed by atoms with Crippen LogP contribution in [0, 0.1) is 0 Å². The van der Waals surface area contributed by atoms with Gasteiger partial charge < -0.3 is 25.7 Å². The molecule has 0 unspecified atom stereocenters. The van der Waals surface area contributed by atoms with Gasteiger partial charge in [-0.2, -0.15) is 17.5 Å². The van der Waals surface area contributed by atoms with Crippen molar-refractivity contribution in [1.29, 1.82) is 0 Å². The fourth-order valence-electron chi connectivity index (χ4n) is 4.09. The van der Waals surface area contributed by atoms with Gasteiger partial charge >= 0.3 is 6.18 Å². The van der Waals surface area contributed by atoms with E-state index in [-0.39, 0.29) is 84.1 Å². The lowest BCUT2D eigenvalue weighted by Gasteiger charge is -2.29. The predicted octanol–water partition coefficient (Wildman–Crippen LogP) is 2.00. The number of pyridine rings is 1. The van der Waals surface area contributed by atoms with E-state index in [9.17, 15) is 21.6 Å². The van der Waals surface area contributed by atoms with E-state index in [2.05, 4.69) is 4.98 Å². The van der Waals surface area contributed by atoms with Crippen LogP contribution >= 0.6 is 0 Å². The molecule has 1 fully saturated rings. The van der Waals surface area contributed by atoms with Crippen molar-refractivity contribution in [2.24, 2.45) is 0 Å². The lowest BCUT2D eigenvalue weighted by molar-refractivity contribution is -0.136. The van der Waals surface area contributed by atoms with E-state index in [0.29, 0.717) is 0 Å². The molecule has 0 atom stereocenters. The predicted molar refractivity (Wildman–Crippen MR) is 115 cm³/mol. The van der Waals surface area contributed by atoms with Gasteiger partial charge in [0.15, 0.2) is 11.5 Å². The second-order valence-electron chi connectivity index (χ2n) is 7.70. The van der Waals surface area contributed by atoms with E-state index in [1.54, 1.807) is 0 Å². The maximum atomic E-state index is 13.8. The summed E-state index contributed by atoms with van der Waals surface area (Å²) in [6.07, 6.45) is -3.90. The van der Waals surface area contributed by atoms with Gasteiger partial charge in [-0.3, -0.25) is 4.57 Å². The molecule has 0 bridgehead atoms. The molecule has 182 valence electrons. The summed E-state index contributed by atoms with van der Waals surface area (Å²) in [7, 11) is -3.97. The minimum Gasteiger partial charge on any atom is -0.485 e. The second-order valence-corrected chi connectivity index (χ2v) is 9.61. The Labute approximate surface area is 191 Å². The summed E-state index contributed by atoms with van der Waals surface area (Å²) >= 11 is 0. The number of ether oxygens (including phenoxy) is 3. The summed E-state index contributed by atoms with van der Waals surface area (Å²) in [6.45, 7) is 0.977. The Morgan fingerprint density at radius 1 is 1.00 bits per heavy atom. The van der Waals surface area contributed by atoms with Crippen LogP contribution in [-0.2, 0) is 20.9 Å². The zero-order valence-electron chi connectivity index (χ0n) is 17.6. The van der Waals surface area contributed by atoms with Gasteiger partial charge in [0, 0.05) is 31.0 Å². The number of anilines is 2. The number of halogens is 3. The number of hydrogen-bond donors (Lipinski definition) is 2. The summed E-state index contributed by atoms with van der Waals surface area (Å²) in [5, 5.41) is -0.322. The molecular weight excluding hydrogens is 479 g/mol. The first-order valence-corrected chi connectivity index (χ1v) is 11.7. The summed E-state index contributed by atoms with van der Waals surface area (Å²) in [4.78, 5) is 3.92. The molecule has 0 saturated carbocycles. The molecule has 3 aromatic rings. The molecule has 4 N–H and O–H groups in total. The van der Waals surface area contributed by atoms with Crippen molar-refractivity contribution in [3.8, 4) is 17.2 Å². The van der Waals surface area contributed by atoms with Gasteiger partial charge in [0.2, 0.25) is 10.0 Å². The number of morpholine rings is 1. The van der Waals surface area contributed by atoms with Gasteiger partial charge in [0.1, 0.15) is 29.6 Å². The van der Waals surface area contributed by atoms with E-state index < -0.39 is 21.8 Å². The van der Waals surface area contributed by atoms with Crippen LogP contribution in [0.15, 0.2) is 29.3 Å². The molecule has 14 heteroatoms. The Bertz CT molecular complexity index is 1380. The van der Waals surface area contributed by atoms with Crippen molar-refractivity contribution in [1.82, 2.24) is 13.9 Å². The van der Waals surface area contributed by atoms with Crippen LogP contribution < -0.4 is 20.9 Å². The van der Waals surface area contributed by atoms with Crippen LogP contribution in [0.5, 0.6) is 11.5 Å². The van der Waals surface area contributed by atoms with Crippen LogP contribution in [0.1, 0.15) is 5.56 Å². The van der Waals surface area contributed by atoms with Gasteiger partial charge in [-0.15, -0.1) is 0 Å². The molecule has 2 aliphatic rings. The lowest BCUT2D eigenvalue weighted by atomic mass is 10.2. The smallest absolute Gasteiger partial charge is 0.418 e. The molecule has 1 aromatic carbocycles. The highest BCUT2D eigenvalue weighted by atomic mass is 32.2. The molecule has 0 radical (unpaired) electrons. The standard InChI is InChI=1S/C20H20F3N5O5S/c21-20(22,23)11-10-28(19-16(11)12(24)9-15(25)26-19)13-1-2-14(18-17(13)32-7-8-33-18)34(29,30)27-3-5-31-6-4-27/h1-2,9-10H,3-8H2,(H4,24,25,26). The Kier molecular flexibility index (Phi) is 5.26. The summed E-state index contributed by atoms with van der Waals surface area (Å²) in [6, 6.07) is 3.78. The normalized spacial score (nSPS) is 17.3. The average Bonchev–Trinajstić information content (AvgIpc) is 3.19. The van der Waals surface area contributed by atoms with E-state index in [1.807, 2.05) is 0 Å². The monoisotopic (exact) mass is 499 g/mol. The van der Waals surface area contributed by atoms with Crippen LogP contribution in [0.25, 0.3) is 16.7 Å². The van der Waals surface area contributed by atoms with Gasteiger partial charge in [-0.25, -0.2) is 13.4 Å². The minimum absolute atomic E-state index is 0.0194. The first-order valence-electron chi connectivity index (χ1n) is 10.2. The molecule has 0 spiro atoms. The number of nitrogens with two attached hydrogens (primary N) is 2. The van der Waals surface area contributed by atoms with Crippen LogP contribution in [0.2, 0.25) is 0 Å². The van der Waals surface area contributed by atoms with Crippen molar-refractivity contribution in [2.45, 2.75) is 11.1 Å².